The summed E-state index contributed by atoms with van der Waals surface area (Å²) in [5.74, 6) is 0.447. The topological polar surface area (TPSA) is 92.4 Å². The van der Waals surface area contributed by atoms with Crippen molar-refractivity contribution in [2.24, 2.45) is 0 Å². The molecule has 2 N–H and O–H groups in total. The summed E-state index contributed by atoms with van der Waals surface area (Å²) in [6, 6.07) is 24.3. The van der Waals surface area contributed by atoms with E-state index in [0.717, 1.165) is 35.8 Å². The maximum Gasteiger partial charge on any atom is 0.263 e. The zero-order valence-electron chi connectivity index (χ0n) is 24.9. The Morgan fingerprint density at radius 3 is 1.93 bits per heavy atom. The number of nitrogens with zero attached hydrogens (tertiary/aromatic N) is 2. The van der Waals surface area contributed by atoms with Gasteiger partial charge in [-0.05, 0) is 60.2 Å². The molecule has 1 fully saturated rings. The number of carbonyl (C=O) groups excluding carboxylic acids is 2. The monoisotopic (exact) mass is 598 g/mol. The molecule has 0 bridgehead atoms. The maximum absolute atomic E-state index is 13.6. The predicted molar refractivity (Wildman–Crippen MR) is 169 cm³/mol. The van der Waals surface area contributed by atoms with Gasteiger partial charge in [0.1, 0.15) is 28.6 Å². The first-order chi connectivity index (χ1) is 21.4. The normalized spacial score (nSPS) is 12.8. The van der Waals surface area contributed by atoms with E-state index in [2.05, 4.69) is 20.4 Å². The maximum atomic E-state index is 13.6. The van der Waals surface area contributed by atoms with Crippen LogP contribution in [0.25, 0.3) is 0 Å². The van der Waals surface area contributed by atoms with Crippen LogP contribution in [0.3, 0.4) is 0 Å². The number of para-hydroxylation sites is 2. The minimum atomic E-state index is -0.435. The molecule has 0 atom stereocenters. The second-order valence-corrected chi connectivity index (χ2v) is 10.2. The van der Waals surface area contributed by atoms with Gasteiger partial charge in [-0.25, -0.2) is 4.39 Å². The summed E-state index contributed by atoms with van der Waals surface area (Å²) < 4.78 is 29.8. The Morgan fingerprint density at radius 2 is 1.30 bits per heavy atom. The van der Waals surface area contributed by atoms with Gasteiger partial charge in [0.25, 0.3) is 11.8 Å². The number of benzene rings is 4. The van der Waals surface area contributed by atoms with Crippen molar-refractivity contribution in [2.75, 3.05) is 62.6 Å². The quantitative estimate of drug-likeness (QED) is 0.254. The highest BCUT2D eigenvalue weighted by Crippen LogP contribution is 2.32. The SMILES string of the molecule is COc1ccccc1N1CCN(c2ccc(NC(=O)c3c(OC)cccc3OC)cc2C(=O)NCc2ccc(F)cc2)CC1. The number of halogens is 1. The van der Waals surface area contributed by atoms with Crippen molar-refractivity contribution in [3.05, 3.63) is 107 Å². The molecule has 1 heterocycles. The van der Waals surface area contributed by atoms with Crippen molar-refractivity contribution in [2.45, 2.75) is 6.54 Å². The summed E-state index contributed by atoms with van der Waals surface area (Å²) in [7, 11) is 4.63. The van der Waals surface area contributed by atoms with E-state index in [-0.39, 0.29) is 23.8 Å². The van der Waals surface area contributed by atoms with Gasteiger partial charge in [0, 0.05) is 44.1 Å². The molecule has 1 aliphatic rings. The second-order valence-electron chi connectivity index (χ2n) is 10.2. The zero-order chi connectivity index (χ0) is 31.1. The van der Waals surface area contributed by atoms with E-state index in [1.165, 1.54) is 26.4 Å². The number of hydrogen-bond donors (Lipinski definition) is 2. The first-order valence-electron chi connectivity index (χ1n) is 14.2. The van der Waals surface area contributed by atoms with Crippen LogP contribution in [0.4, 0.5) is 21.5 Å². The lowest BCUT2D eigenvalue weighted by Crippen LogP contribution is -2.47. The van der Waals surface area contributed by atoms with Crippen LogP contribution >= 0.6 is 0 Å². The summed E-state index contributed by atoms with van der Waals surface area (Å²) in [6.45, 7) is 3.00. The molecule has 228 valence electrons. The minimum absolute atomic E-state index is 0.217. The third kappa shape index (κ3) is 6.70. The fourth-order valence-electron chi connectivity index (χ4n) is 5.30. The fourth-order valence-corrected chi connectivity index (χ4v) is 5.30. The van der Waals surface area contributed by atoms with Gasteiger partial charge in [-0.15, -0.1) is 0 Å². The highest BCUT2D eigenvalue weighted by molar-refractivity contribution is 6.09. The average Bonchev–Trinajstić information content (AvgIpc) is 3.07. The van der Waals surface area contributed by atoms with Crippen molar-refractivity contribution in [3.63, 3.8) is 0 Å². The molecular formula is C34H35FN4O5. The molecule has 1 aliphatic heterocycles. The highest BCUT2D eigenvalue weighted by atomic mass is 19.1. The molecule has 9 nitrogen and oxygen atoms in total. The van der Waals surface area contributed by atoms with Crippen molar-refractivity contribution < 1.29 is 28.2 Å². The molecule has 5 rings (SSSR count). The Morgan fingerprint density at radius 1 is 0.705 bits per heavy atom. The van der Waals surface area contributed by atoms with E-state index in [1.807, 2.05) is 30.3 Å². The van der Waals surface area contributed by atoms with Gasteiger partial charge in [-0.3, -0.25) is 9.59 Å². The number of ether oxygens (including phenoxy) is 3. The molecule has 0 saturated carbocycles. The van der Waals surface area contributed by atoms with Gasteiger partial charge in [-0.2, -0.15) is 0 Å². The van der Waals surface area contributed by atoms with Gasteiger partial charge < -0.3 is 34.6 Å². The molecule has 4 aromatic carbocycles. The smallest absolute Gasteiger partial charge is 0.263 e. The number of amides is 2. The van der Waals surface area contributed by atoms with Gasteiger partial charge in [-0.1, -0.05) is 30.3 Å². The molecule has 0 spiro atoms. The predicted octanol–water partition coefficient (Wildman–Crippen LogP) is 5.36. The molecular weight excluding hydrogens is 563 g/mol. The molecule has 10 heteroatoms. The number of carbonyl (C=O) groups is 2. The van der Waals surface area contributed by atoms with E-state index < -0.39 is 5.91 Å². The van der Waals surface area contributed by atoms with Crippen LogP contribution in [0.2, 0.25) is 0 Å². The Kier molecular flexibility index (Phi) is 9.49. The van der Waals surface area contributed by atoms with E-state index in [4.69, 9.17) is 14.2 Å². The first-order valence-corrected chi connectivity index (χ1v) is 14.2. The van der Waals surface area contributed by atoms with Crippen molar-refractivity contribution in [3.8, 4) is 17.2 Å². The van der Waals surface area contributed by atoms with Crippen LogP contribution in [-0.2, 0) is 6.54 Å². The lowest BCUT2D eigenvalue weighted by molar-refractivity contribution is 0.0949. The number of nitrogens with one attached hydrogen (secondary N) is 2. The summed E-state index contributed by atoms with van der Waals surface area (Å²) >= 11 is 0. The van der Waals surface area contributed by atoms with Crippen LogP contribution in [0.15, 0.2) is 84.9 Å². The molecule has 0 aromatic heterocycles. The summed E-state index contributed by atoms with van der Waals surface area (Å²) in [4.78, 5) is 31.4. The highest BCUT2D eigenvalue weighted by Gasteiger charge is 2.25. The second kappa shape index (κ2) is 13.8. The minimum Gasteiger partial charge on any atom is -0.496 e. The average molecular weight is 599 g/mol. The summed E-state index contributed by atoms with van der Waals surface area (Å²) in [5.41, 5.74) is 3.62. The number of piperazine rings is 1. The Labute approximate surface area is 256 Å². The van der Waals surface area contributed by atoms with Crippen molar-refractivity contribution in [1.29, 1.82) is 0 Å². The van der Waals surface area contributed by atoms with E-state index in [9.17, 15) is 14.0 Å². The molecule has 0 radical (unpaired) electrons. The molecule has 0 unspecified atom stereocenters. The number of rotatable bonds is 10. The zero-order valence-corrected chi connectivity index (χ0v) is 24.9. The van der Waals surface area contributed by atoms with Crippen LogP contribution in [0.5, 0.6) is 17.2 Å². The number of anilines is 3. The molecule has 0 aliphatic carbocycles. The number of hydrogen-bond acceptors (Lipinski definition) is 7. The summed E-state index contributed by atoms with van der Waals surface area (Å²) in [5, 5.41) is 5.84. The lowest BCUT2D eigenvalue weighted by atomic mass is 10.1. The van der Waals surface area contributed by atoms with E-state index in [0.29, 0.717) is 35.8 Å². The van der Waals surface area contributed by atoms with Crippen molar-refractivity contribution >= 4 is 28.9 Å². The third-order valence-corrected chi connectivity index (χ3v) is 7.57. The standard InChI is InChI=1S/C34H35FN4O5/c1-42-29-8-5-4-7-28(29)39-19-17-38(18-20-39)27-16-15-25(37-34(41)32-30(43-2)9-6-10-31(32)44-3)21-26(27)33(40)36-22-23-11-13-24(35)14-12-23/h4-16,21H,17-20,22H2,1-3H3,(H,36,40)(H,37,41). The largest absolute Gasteiger partial charge is 0.496 e. The van der Waals surface area contributed by atoms with Gasteiger partial charge in [0.2, 0.25) is 0 Å². The van der Waals surface area contributed by atoms with Gasteiger partial charge >= 0.3 is 0 Å². The van der Waals surface area contributed by atoms with E-state index in [1.54, 1.807) is 49.6 Å². The third-order valence-electron chi connectivity index (χ3n) is 7.57. The summed E-state index contributed by atoms with van der Waals surface area (Å²) in [6.07, 6.45) is 0. The first kappa shape index (κ1) is 30.2. The number of methoxy groups -OCH3 is 3. The van der Waals surface area contributed by atoms with Crippen molar-refractivity contribution in [1.82, 2.24) is 5.32 Å². The Hall–Kier alpha value is -5.25. The van der Waals surface area contributed by atoms with Crippen LogP contribution in [0, 0.1) is 5.82 Å². The lowest BCUT2D eigenvalue weighted by Gasteiger charge is -2.38. The fraction of sp³-hybridized carbons (Fsp3) is 0.235. The van der Waals surface area contributed by atoms with Gasteiger partial charge in [0.15, 0.2) is 0 Å². The molecule has 4 aromatic rings. The van der Waals surface area contributed by atoms with Crippen LogP contribution in [0.1, 0.15) is 26.3 Å². The Bertz CT molecular complexity index is 1600. The molecule has 2 amide bonds. The van der Waals surface area contributed by atoms with E-state index >= 15 is 0 Å². The van der Waals surface area contributed by atoms with Crippen LogP contribution in [-0.4, -0.2) is 59.3 Å². The Balaban J connectivity index is 1.40. The van der Waals surface area contributed by atoms with Gasteiger partial charge in [0.05, 0.1) is 32.6 Å². The molecule has 44 heavy (non-hydrogen) atoms. The molecule has 1 saturated heterocycles. The van der Waals surface area contributed by atoms with Crippen LogP contribution < -0.4 is 34.6 Å².